The minimum atomic E-state index is -0.526. The lowest BCUT2D eigenvalue weighted by molar-refractivity contribution is -0.124. The van der Waals surface area contributed by atoms with Crippen molar-refractivity contribution in [1.82, 2.24) is 15.4 Å². The third-order valence-corrected chi connectivity index (χ3v) is 5.74. The van der Waals surface area contributed by atoms with E-state index in [2.05, 4.69) is 52.5 Å². The van der Waals surface area contributed by atoms with E-state index in [1.54, 1.807) is 11.6 Å². The molecule has 3 aromatic rings. The van der Waals surface area contributed by atoms with Gasteiger partial charge in [-0.05, 0) is 54.1 Å². The summed E-state index contributed by atoms with van der Waals surface area (Å²) in [5.74, 6) is 0.0230. The van der Waals surface area contributed by atoms with Gasteiger partial charge in [-0.25, -0.2) is 5.48 Å². The first-order valence-corrected chi connectivity index (χ1v) is 10.2. The van der Waals surface area contributed by atoms with Crippen LogP contribution in [0.25, 0.3) is 17.0 Å². The lowest BCUT2D eigenvalue weighted by Gasteiger charge is -2.24. The van der Waals surface area contributed by atoms with Crippen LogP contribution in [0.3, 0.4) is 0 Å². The Morgan fingerprint density at radius 1 is 1.17 bits per heavy atom. The van der Waals surface area contributed by atoms with Crippen molar-refractivity contribution in [1.29, 1.82) is 0 Å². The fraction of sp³-hybridized carbons (Fsp3) is 0.292. The number of hydroxylamine groups is 1. The number of rotatable bonds is 5. The summed E-state index contributed by atoms with van der Waals surface area (Å²) in [6.07, 6.45) is 8.93. The summed E-state index contributed by atoms with van der Waals surface area (Å²) in [5.41, 5.74) is 6.46. The molecule has 1 saturated heterocycles. The molecule has 0 radical (unpaired) electrons. The van der Waals surface area contributed by atoms with Gasteiger partial charge >= 0.3 is 0 Å². The smallest absolute Gasteiger partial charge is 0.267 e. The molecule has 0 bridgehead atoms. The Kier molecular flexibility index (Phi) is 6.08. The Morgan fingerprint density at radius 3 is 2.83 bits per heavy atom. The monoisotopic (exact) mass is 389 g/mol. The van der Waals surface area contributed by atoms with Crippen LogP contribution in [0.5, 0.6) is 0 Å². The van der Waals surface area contributed by atoms with Crippen molar-refractivity contribution in [3.63, 3.8) is 0 Å². The van der Waals surface area contributed by atoms with Gasteiger partial charge < -0.3 is 4.98 Å². The van der Waals surface area contributed by atoms with Gasteiger partial charge in [0.25, 0.3) is 5.91 Å². The molecule has 1 aliphatic heterocycles. The van der Waals surface area contributed by atoms with E-state index in [-0.39, 0.29) is 0 Å². The predicted octanol–water partition coefficient (Wildman–Crippen LogP) is 4.46. The number of amides is 1. The second kappa shape index (κ2) is 9.07. The first-order chi connectivity index (χ1) is 14.2. The van der Waals surface area contributed by atoms with Gasteiger partial charge in [0, 0.05) is 36.3 Å². The first kappa shape index (κ1) is 19.4. The van der Waals surface area contributed by atoms with E-state index in [0.717, 1.165) is 25.2 Å². The van der Waals surface area contributed by atoms with Crippen LogP contribution in [0.1, 0.15) is 41.9 Å². The molecule has 29 heavy (non-hydrogen) atoms. The van der Waals surface area contributed by atoms with Gasteiger partial charge in [-0.3, -0.25) is 14.9 Å². The molecule has 150 valence electrons. The zero-order chi connectivity index (χ0) is 20.1. The number of carbonyl (C=O) groups excluding carboxylic acids is 1. The number of nitrogens with one attached hydrogen (secondary N) is 2. The molecule has 1 aliphatic rings. The molecule has 1 fully saturated rings. The number of likely N-dealkylation sites (tertiary alicyclic amines) is 1. The summed E-state index contributed by atoms with van der Waals surface area (Å²) >= 11 is 0. The third-order valence-electron chi connectivity index (χ3n) is 5.74. The van der Waals surface area contributed by atoms with Crippen molar-refractivity contribution < 1.29 is 10.0 Å². The lowest BCUT2D eigenvalue weighted by Crippen LogP contribution is -2.27. The summed E-state index contributed by atoms with van der Waals surface area (Å²) in [7, 11) is 0. The minimum Gasteiger partial charge on any atom is -0.361 e. The van der Waals surface area contributed by atoms with E-state index in [4.69, 9.17) is 5.21 Å². The van der Waals surface area contributed by atoms with Crippen LogP contribution < -0.4 is 5.48 Å². The maximum atomic E-state index is 11.1. The van der Waals surface area contributed by atoms with E-state index in [1.807, 2.05) is 12.1 Å². The van der Waals surface area contributed by atoms with Gasteiger partial charge in [-0.15, -0.1) is 0 Å². The second-order valence-electron chi connectivity index (χ2n) is 7.77. The zero-order valence-corrected chi connectivity index (χ0v) is 16.5. The molecule has 0 aliphatic carbocycles. The van der Waals surface area contributed by atoms with Crippen LogP contribution >= 0.6 is 0 Å². The maximum absolute atomic E-state index is 11.1. The summed E-state index contributed by atoms with van der Waals surface area (Å²) < 4.78 is 0. The van der Waals surface area contributed by atoms with E-state index in [1.165, 1.54) is 47.4 Å². The molecule has 1 atom stereocenters. The average molecular weight is 389 g/mol. The van der Waals surface area contributed by atoms with Crippen LogP contribution in [-0.2, 0) is 11.3 Å². The van der Waals surface area contributed by atoms with Gasteiger partial charge in [0.05, 0.1) is 0 Å². The van der Waals surface area contributed by atoms with Crippen LogP contribution in [0.4, 0.5) is 0 Å². The molecule has 0 spiro atoms. The highest BCUT2D eigenvalue weighted by atomic mass is 16.5. The Bertz CT molecular complexity index is 991. The number of hydrogen-bond acceptors (Lipinski definition) is 3. The minimum absolute atomic E-state index is 0.526. The molecule has 1 aromatic heterocycles. The molecule has 2 aromatic carbocycles. The summed E-state index contributed by atoms with van der Waals surface area (Å²) in [6.45, 7) is 3.12. The average Bonchev–Trinajstić information content (AvgIpc) is 3.05. The molecule has 3 N–H and O–H groups in total. The summed E-state index contributed by atoms with van der Waals surface area (Å²) in [5, 5.41) is 9.90. The SMILES string of the molecule is O=C(C=Cc1ccc(CN2CCCCC(c3c[nH]c4ccccc34)C2)cc1)NO. The molecule has 5 heteroatoms. The van der Waals surface area contributed by atoms with Crippen LogP contribution in [-0.4, -0.2) is 34.1 Å². The highest BCUT2D eigenvalue weighted by Gasteiger charge is 2.22. The number of nitrogens with zero attached hydrogens (tertiary/aromatic N) is 1. The van der Waals surface area contributed by atoms with Gasteiger partial charge in [-0.1, -0.05) is 48.9 Å². The van der Waals surface area contributed by atoms with Gasteiger partial charge in [0.1, 0.15) is 0 Å². The number of H-pyrrole nitrogens is 1. The quantitative estimate of drug-likeness (QED) is 0.343. The Morgan fingerprint density at radius 2 is 2.00 bits per heavy atom. The number of carbonyl (C=O) groups is 1. The summed E-state index contributed by atoms with van der Waals surface area (Å²) in [4.78, 5) is 17.1. The number of fused-ring (bicyclic) bond motifs is 1. The first-order valence-electron chi connectivity index (χ1n) is 10.2. The number of hydrogen-bond donors (Lipinski definition) is 3. The van der Waals surface area contributed by atoms with Gasteiger partial charge in [0.15, 0.2) is 0 Å². The van der Waals surface area contributed by atoms with Crippen LogP contribution in [0.15, 0.2) is 60.8 Å². The van der Waals surface area contributed by atoms with Gasteiger partial charge in [-0.2, -0.15) is 0 Å². The Balaban J connectivity index is 1.44. The fourth-order valence-electron chi connectivity index (χ4n) is 4.25. The maximum Gasteiger partial charge on any atom is 0.267 e. The van der Waals surface area contributed by atoms with E-state index >= 15 is 0 Å². The van der Waals surface area contributed by atoms with Gasteiger partial charge in [0.2, 0.25) is 0 Å². The molecule has 1 unspecified atom stereocenters. The number of para-hydroxylation sites is 1. The van der Waals surface area contributed by atoms with Crippen molar-refractivity contribution in [2.75, 3.05) is 13.1 Å². The second-order valence-corrected chi connectivity index (χ2v) is 7.77. The standard InChI is InChI=1S/C24H27N3O2/c28-24(26-29)13-12-18-8-10-19(11-9-18)16-27-14-4-3-5-20(17-27)22-15-25-23-7-2-1-6-21(22)23/h1-2,6-13,15,20,25,29H,3-5,14,16-17H2,(H,26,28). The number of benzene rings is 2. The van der Waals surface area contributed by atoms with Crippen molar-refractivity contribution in [3.8, 4) is 0 Å². The zero-order valence-electron chi connectivity index (χ0n) is 16.5. The number of aromatic amines is 1. The Hall–Kier alpha value is -2.89. The third kappa shape index (κ3) is 4.75. The largest absolute Gasteiger partial charge is 0.361 e. The van der Waals surface area contributed by atoms with Crippen LogP contribution in [0.2, 0.25) is 0 Å². The van der Waals surface area contributed by atoms with Crippen molar-refractivity contribution in [2.45, 2.75) is 31.7 Å². The fourth-order valence-corrected chi connectivity index (χ4v) is 4.25. The van der Waals surface area contributed by atoms with Crippen LogP contribution in [0, 0.1) is 0 Å². The molecule has 2 heterocycles. The van der Waals surface area contributed by atoms with Crippen molar-refractivity contribution >= 4 is 22.9 Å². The molecular weight excluding hydrogens is 362 g/mol. The number of aromatic nitrogens is 1. The summed E-state index contributed by atoms with van der Waals surface area (Å²) in [6, 6.07) is 16.8. The van der Waals surface area contributed by atoms with Crippen molar-refractivity contribution in [2.24, 2.45) is 0 Å². The predicted molar refractivity (Wildman–Crippen MR) is 116 cm³/mol. The lowest BCUT2D eigenvalue weighted by atomic mass is 9.94. The van der Waals surface area contributed by atoms with E-state index in [0.29, 0.717) is 5.92 Å². The molecule has 5 nitrogen and oxygen atoms in total. The highest BCUT2D eigenvalue weighted by molar-refractivity contribution is 5.90. The topological polar surface area (TPSA) is 68.4 Å². The highest BCUT2D eigenvalue weighted by Crippen LogP contribution is 2.32. The molecular formula is C24H27N3O2. The molecule has 0 saturated carbocycles. The molecule has 1 amide bonds. The van der Waals surface area contributed by atoms with E-state index in [9.17, 15) is 4.79 Å². The molecule has 4 rings (SSSR count). The Labute approximate surface area is 171 Å². The van der Waals surface area contributed by atoms with Crippen molar-refractivity contribution in [3.05, 3.63) is 77.5 Å². The van der Waals surface area contributed by atoms with E-state index < -0.39 is 5.91 Å². The normalized spacial score (nSPS) is 18.2.